The van der Waals surface area contributed by atoms with Gasteiger partial charge in [-0.15, -0.1) is 0 Å². The molecule has 0 bridgehead atoms. The van der Waals surface area contributed by atoms with Crippen molar-refractivity contribution in [1.29, 1.82) is 0 Å². The van der Waals surface area contributed by atoms with Gasteiger partial charge >= 0.3 is 0 Å². The summed E-state index contributed by atoms with van der Waals surface area (Å²) in [6, 6.07) is 15.6. The third kappa shape index (κ3) is 5.07. The first-order valence-corrected chi connectivity index (χ1v) is 10.9. The molecule has 1 heterocycles. The molecule has 2 aromatic carbocycles. The van der Waals surface area contributed by atoms with E-state index in [1.54, 1.807) is 4.31 Å². The molecule has 140 valence electrons. The maximum absolute atomic E-state index is 12.7. The fourth-order valence-corrected chi connectivity index (χ4v) is 5.10. The van der Waals surface area contributed by atoms with Crippen LogP contribution in [0.15, 0.2) is 48.5 Å². The molecule has 3 rings (SSSR count). The number of rotatable bonds is 6. The zero-order chi connectivity index (χ0) is 18.6. The second-order valence-corrected chi connectivity index (χ2v) is 9.21. The first-order valence-electron chi connectivity index (χ1n) is 8.93. The van der Waals surface area contributed by atoms with Crippen molar-refractivity contribution in [2.45, 2.75) is 19.1 Å². The lowest BCUT2D eigenvalue weighted by Gasteiger charge is -2.34. The predicted molar refractivity (Wildman–Crippen MR) is 107 cm³/mol. The van der Waals surface area contributed by atoms with Crippen molar-refractivity contribution < 1.29 is 8.42 Å². The van der Waals surface area contributed by atoms with Gasteiger partial charge in [0.15, 0.2) is 0 Å². The maximum atomic E-state index is 12.7. The third-order valence-corrected chi connectivity index (χ3v) is 6.99. The average Bonchev–Trinajstić information content (AvgIpc) is 2.62. The van der Waals surface area contributed by atoms with E-state index < -0.39 is 10.0 Å². The highest BCUT2D eigenvalue weighted by Gasteiger charge is 2.27. The molecule has 1 aliphatic heterocycles. The standard InChI is InChI=1S/C20H25ClN2O2S/c1-17-5-2-3-7-19(17)16-26(24,25)23-13-11-22(12-14-23)10-9-18-6-4-8-20(21)15-18/h2-8,15H,9-14,16H2,1H3. The minimum Gasteiger partial charge on any atom is -0.300 e. The molecule has 0 aromatic heterocycles. The van der Waals surface area contributed by atoms with Gasteiger partial charge in [-0.3, -0.25) is 0 Å². The first-order chi connectivity index (χ1) is 12.4. The van der Waals surface area contributed by atoms with E-state index in [2.05, 4.69) is 11.0 Å². The van der Waals surface area contributed by atoms with Crippen LogP contribution in [0.5, 0.6) is 0 Å². The molecule has 26 heavy (non-hydrogen) atoms. The van der Waals surface area contributed by atoms with E-state index in [1.807, 2.05) is 49.4 Å². The van der Waals surface area contributed by atoms with Crippen LogP contribution < -0.4 is 0 Å². The van der Waals surface area contributed by atoms with Crippen LogP contribution in [-0.4, -0.2) is 50.3 Å². The summed E-state index contributed by atoms with van der Waals surface area (Å²) in [7, 11) is -3.27. The summed E-state index contributed by atoms with van der Waals surface area (Å²) in [6.07, 6.45) is 0.927. The Kier molecular flexibility index (Phi) is 6.35. The normalized spacial score (nSPS) is 16.7. The number of hydrogen-bond acceptors (Lipinski definition) is 3. The summed E-state index contributed by atoms with van der Waals surface area (Å²) >= 11 is 6.03. The molecule has 0 radical (unpaired) electrons. The van der Waals surface area contributed by atoms with Gasteiger partial charge in [-0.1, -0.05) is 48.0 Å². The van der Waals surface area contributed by atoms with Crippen LogP contribution in [-0.2, 0) is 22.2 Å². The lowest BCUT2D eigenvalue weighted by atomic mass is 10.1. The molecule has 6 heteroatoms. The molecule has 0 saturated carbocycles. The summed E-state index contributed by atoms with van der Waals surface area (Å²) in [4.78, 5) is 2.32. The second-order valence-electron chi connectivity index (χ2n) is 6.80. The lowest BCUT2D eigenvalue weighted by Crippen LogP contribution is -2.49. The van der Waals surface area contributed by atoms with E-state index in [0.717, 1.165) is 42.2 Å². The summed E-state index contributed by atoms with van der Waals surface area (Å²) in [6.45, 7) is 5.54. The van der Waals surface area contributed by atoms with Crippen LogP contribution in [0.3, 0.4) is 0 Å². The molecule has 0 N–H and O–H groups in total. The van der Waals surface area contributed by atoms with E-state index in [9.17, 15) is 8.42 Å². The van der Waals surface area contributed by atoms with Crippen LogP contribution in [0.1, 0.15) is 16.7 Å². The van der Waals surface area contributed by atoms with Crippen molar-refractivity contribution in [2.75, 3.05) is 32.7 Å². The highest BCUT2D eigenvalue weighted by atomic mass is 35.5. The van der Waals surface area contributed by atoms with Crippen LogP contribution in [0.4, 0.5) is 0 Å². The molecule has 0 aliphatic carbocycles. The SMILES string of the molecule is Cc1ccccc1CS(=O)(=O)N1CCN(CCc2cccc(Cl)c2)CC1. The van der Waals surface area contributed by atoms with Gasteiger partial charge in [0.1, 0.15) is 0 Å². The van der Waals surface area contributed by atoms with E-state index in [4.69, 9.17) is 11.6 Å². The minimum absolute atomic E-state index is 0.0855. The van der Waals surface area contributed by atoms with E-state index in [-0.39, 0.29) is 5.75 Å². The van der Waals surface area contributed by atoms with Gasteiger partial charge < -0.3 is 4.90 Å². The fraction of sp³-hybridized carbons (Fsp3) is 0.400. The highest BCUT2D eigenvalue weighted by Crippen LogP contribution is 2.17. The predicted octanol–water partition coefficient (Wildman–Crippen LogP) is 3.34. The summed E-state index contributed by atoms with van der Waals surface area (Å²) in [5, 5.41) is 0.759. The van der Waals surface area contributed by atoms with Crippen molar-refractivity contribution in [3.63, 3.8) is 0 Å². The Labute approximate surface area is 161 Å². The quantitative estimate of drug-likeness (QED) is 0.757. The van der Waals surface area contributed by atoms with Gasteiger partial charge in [0.05, 0.1) is 5.75 Å². The Morgan fingerprint density at radius 1 is 1.00 bits per heavy atom. The summed E-state index contributed by atoms with van der Waals surface area (Å²) in [5.41, 5.74) is 3.12. The second kappa shape index (κ2) is 8.53. The Hall–Kier alpha value is -1.40. The molecular weight excluding hydrogens is 368 g/mol. The van der Waals surface area contributed by atoms with Crippen LogP contribution in [0, 0.1) is 6.92 Å². The molecule has 0 amide bonds. The molecular formula is C20H25ClN2O2S. The van der Waals surface area contributed by atoms with Crippen molar-refractivity contribution in [1.82, 2.24) is 9.21 Å². The Morgan fingerprint density at radius 3 is 2.42 bits per heavy atom. The molecule has 1 saturated heterocycles. The van der Waals surface area contributed by atoms with Gasteiger partial charge in [-0.2, -0.15) is 4.31 Å². The number of halogens is 1. The van der Waals surface area contributed by atoms with Gasteiger partial charge in [-0.25, -0.2) is 8.42 Å². The summed E-state index contributed by atoms with van der Waals surface area (Å²) in [5.74, 6) is 0.0855. The molecule has 0 atom stereocenters. The topological polar surface area (TPSA) is 40.6 Å². The van der Waals surface area contributed by atoms with Crippen molar-refractivity contribution in [3.8, 4) is 0 Å². The number of sulfonamides is 1. The molecule has 4 nitrogen and oxygen atoms in total. The Morgan fingerprint density at radius 2 is 1.73 bits per heavy atom. The average molecular weight is 393 g/mol. The number of hydrogen-bond donors (Lipinski definition) is 0. The van der Waals surface area contributed by atoms with E-state index in [1.165, 1.54) is 5.56 Å². The Balaban J connectivity index is 1.52. The van der Waals surface area contributed by atoms with Crippen LogP contribution in [0.2, 0.25) is 5.02 Å². The molecule has 0 unspecified atom stereocenters. The molecule has 1 fully saturated rings. The fourth-order valence-electron chi connectivity index (χ4n) is 3.27. The van der Waals surface area contributed by atoms with Gasteiger partial charge in [0.2, 0.25) is 10.0 Å². The number of aryl methyl sites for hydroxylation is 1. The molecule has 0 spiro atoms. The van der Waals surface area contributed by atoms with Crippen molar-refractivity contribution >= 4 is 21.6 Å². The van der Waals surface area contributed by atoms with Crippen molar-refractivity contribution in [3.05, 3.63) is 70.2 Å². The van der Waals surface area contributed by atoms with E-state index in [0.29, 0.717) is 13.1 Å². The van der Waals surface area contributed by atoms with Gasteiger partial charge in [0, 0.05) is 37.7 Å². The zero-order valence-electron chi connectivity index (χ0n) is 15.1. The minimum atomic E-state index is -3.27. The number of benzene rings is 2. The van der Waals surface area contributed by atoms with E-state index >= 15 is 0 Å². The van der Waals surface area contributed by atoms with Gasteiger partial charge in [0.25, 0.3) is 0 Å². The monoisotopic (exact) mass is 392 g/mol. The van der Waals surface area contributed by atoms with Crippen LogP contribution >= 0.6 is 11.6 Å². The Bertz CT molecular complexity index is 846. The smallest absolute Gasteiger partial charge is 0.218 e. The molecule has 1 aliphatic rings. The van der Waals surface area contributed by atoms with Gasteiger partial charge in [-0.05, 0) is 42.2 Å². The third-order valence-electron chi connectivity index (χ3n) is 4.93. The number of piperazine rings is 1. The first kappa shape index (κ1) is 19.4. The number of nitrogens with zero attached hydrogens (tertiary/aromatic N) is 2. The largest absolute Gasteiger partial charge is 0.300 e. The molecule has 2 aromatic rings. The summed E-state index contributed by atoms with van der Waals surface area (Å²) < 4.78 is 27.1. The lowest BCUT2D eigenvalue weighted by molar-refractivity contribution is 0.190. The maximum Gasteiger partial charge on any atom is 0.218 e. The highest BCUT2D eigenvalue weighted by molar-refractivity contribution is 7.88. The zero-order valence-corrected chi connectivity index (χ0v) is 16.6. The van der Waals surface area contributed by atoms with Crippen molar-refractivity contribution in [2.24, 2.45) is 0 Å². The van der Waals surface area contributed by atoms with Crippen LogP contribution in [0.25, 0.3) is 0 Å².